The summed E-state index contributed by atoms with van der Waals surface area (Å²) in [6.07, 6.45) is 5.94. The molecule has 2 aliphatic rings. The van der Waals surface area contributed by atoms with Crippen LogP contribution in [0.3, 0.4) is 0 Å². The van der Waals surface area contributed by atoms with Crippen LogP contribution in [0.15, 0.2) is 70.5 Å². The number of sulfonamides is 2. The summed E-state index contributed by atoms with van der Waals surface area (Å²) >= 11 is 0. The van der Waals surface area contributed by atoms with Crippen LogP contribution in [-0.2, 0) is 24.8 Å². The summed E-state index contributed by atoms with van der Waals surface area (Å²) in [5, 5.41) is 3.03. The third kappa shape index (κ3) is 5.35. The summed E-state index contributed by atoms with van der Waals surface area (Å²) in [6, 6.07) is 14.8. The van der Waals surface area contributed by atoms with Crippen molar-refractivity contribution in [3.05, 3.63) is 60.7 Å². The Labute approximate surface area is 202 Å². The molecule has 1 aliphatic carbocycles. The molecule has 1 atom stereocenters. The minimum atomic E-state index is -3.99. The van der Waals surface area contributed by atoms with Gasteiger partial charge in [-0.1, -0.05) is 62.1 Å². The fourth-order valence-corrected chi connectivity index (χ4v) is 7.70. The lowest BCUT2D eigenvalue weighted by atomic mass is 10.1. The Morgan fingerprint density at radius 3 is 1.82 bits per heavy atom. The van der Waals surface area contributed by atoms with Gasteiger partial charge in [0.25, 0.3) is 0 Å². The number of nitrogens with one attached hydrogen (secondary N) is 1. The monoisotopic (exact) mass is 505 g/mol. The lowest BCUT2D eigenvalue weighted by Gasteiger charge is -2.39. The van der Waals surface area contributed by atoms with E-state index in [2.05, 4.69) is 5.32 Å². The Kier molecular flexibility index (Phi) is 7.71. The van der Waals surface area contributed by atoms with Crippen molar-refractivity contribution in [2.75, 3.05) is 19.6 Å². The van der Waals surface area contributed by atoms with Gasteiger partial charge >= 0.3 is 0 Å². The lowest BCUT2D eigenvalue weighted by Crippen LogP contribution is -2.62. The van der Waals surface area contributed by atoms with Gasteiger partial charge in [0, 0.05) is 25.7 Å². The van der Waals surface area contributed by atoms with E-state index in [0.29, 0.717) is 0 Å². The highest BCUT2D eigenvalue weighted by Crippen LogP contribution is 2.26. The Hall–Kier alpha value is -2.27. The molecule has 1 heterocycles. The van der Waals surface area contributed by atoms with E-state index in [1.165, 1.54) is 28.6 Å². The average molecular weight is 506 g/mol. The first-order valence-corrected chi connectivity index (χ1v) is 14.6. The van der Waals surface area contributed by atoms with E-state index in [-0.39, 0.29) is 35.5 Å². The molecule has 0 aromatic heterocycles. The Bertz CT molecular complexity index is 1180. The van der Waals surface area contributed by atoms with E-state index in [4.69, 9.17) is 0 Å². The molecule has 34 heavy (non-hydrogen) atoms. The molecule has 0 spiro atoms. The minimum Gasteiger partial charge on any atom is -0.352 e. The van der Waals surface area contributed by atoms with Crippen LogP contribution in [0, 0.1) is 0 Å². The van der Waals surface area contributed by atoms with Gasteiger partial charge in [-0.2, -0.15) is 8.61 Å². The van der Waals surface area contributed by atoms with Gasteiger partial charge in [0.15, 0.2) is 0 Å². The summed E-state index contributed by atoms with van der Waals surface area (Å²) in [5.41, 5.74) is 0. The maximum absolute atomic E-state index is 13.5. The van der Waals surface area contributed by atoms with E-state index in [1.54, 1.807) is 36.4 Å². The van der Waals surface area contributed by atoms with Crippen LogP contribution in [0.4, 0.5) is 0 Å². The molecule has 0 radical (unpaired) electrons. The van der Waals surface area contributed by atoms with Gasteiger partial charge in [-0.05, 0) is 37.1 Å². The average Bonchev–Trinajstić information content (AvgIpc) is 3.13. The molecule has 0 bridgehead atoms. The Morgan fingerprint density at radius 2 is 1.26 bits per heavy atom. The van der Waals surface area contributed by atoms with Gasteiger partial charge in [0.1, 0.15) is 6.04 Å². The smallest absolute Gasteiger partial charge is 0.243 e. The van der Waals surface area contributed by atoms with Crippen molar-refractivity contribution >= 4 is 26.0 Å². The predicted octanol–water partition coefficient (Wildman–Crippen LogP) is 2.59. The van der Waals surface area contributed by atoms with Crippen LogP contribution in [-0.4, -0.2) is 63.1 Å². The van der Waals surface area contributed by atoms with Crippen molar-refractivity contribution in [2.45, 2.75) is 60.4 Å². The number of rotatable bonds is 6. The molecule has 4 rings (SSSR count). The Morgan fingerprint density at radius 1 is 0.735 bits per heavy atom. The first-order chi connectivity index (χ1) is 16.3. The number of piperazine rings is 1. The summed E-state index contributed by atoms with van der Waals surface area (Å²) in [6.45, 7) is -0.371. The number of hydrogen-bond acceptors (Lipinski definition) is 5. The van der Waals surface area contributed by atoms with Crippen molar-refractivity contribution in [1.82, 2.24) is 13.9 Å². The zero-order valence-corrected chi connectivity index (χ0v) is 20.7. The molecule has 1 saturated carbocycles. The van der Waals surface area contributed by atoms with Crippen LogP contribution in [0.25, 0.3) is 0 Å². The molecule has 1 aliphatic heterocycles. The zero-order chi connectivity index (χ0) is 24.2. The Balaban J connectivity index is 1.63. The number of nitrogens with zero attached hydrogens (tertiary/aromatic N) is 2. The maximum atomic E-state index is 13.5. The normalized spacial score (nSPS) is 21.6. The van der Waals surface area contributed by atoms with Gasteiger partial charge in [-0.25, -0.2) is 16.8 Å². The predicted molar refractivity (Wildman–Crippen MR) is 129 cm³/mol. The minimum absolute atomic E-state index is 0.0302. The fraction of sp³-hybridized carbons (Fsp3) is 0.458. The summed E-state index contributed by atoms with van der Waals surface area (Å²) in [7, 11) is -7.86. The second-order valence-corrected chi connectivity index (χ2v) is 12.6. The number of carbonyl (C=O) groups is 1. The second kappa shape index (κ2) is 10.6. The van der Waals surface area contributed by atoms with Gasteiger partial charge < -0.3 is 5.32 Å². The number of benzene rings is 2. The fourth-order valence-electron chi connectivity index (χ4n) is 4.65. The van der Waals surface area contributed by atoms with Crippen molar-refractivity contribution in [3.63, 3.8) is 0 Å². The summed E-state index contributed by atoms with van der Waals surface area (Å²) in [4.78, 5) is 13.6. The number of carbonyl (C=O) groups excluding carboxylic acids is 1. The topological polar surface area (TPSA) is 104 Å². The van der Waals surface area contributed by atoms with Crippen LogP contribution in [0.2, 0.25) is 0 Å². The first-order valence-electron chi connectivity index (χ1n) is 11.7. The number of hydrogen-bond donors (Lipinski definition) is 1. The van der Waals surface area contributed by atoms with Crippen molar-refractivity contribution in [2.24, 2.45) is 0 Å². The zero-order valence-electron chi connectivity index (χ0n) is 19.0. The van der Waals surface area contributed by atoms with Crippen LogP contribution in [0.5, 0.6) is 0 Å². The van der Waals surface area contributed by atoms with Crippen molar-refractivity contribution in [1.29, 1.82) is 0 Å². The molecule has 2 fully saturated rings. The molecule has 1 saturated heterocycles. The summed E-state index contributed by atoms with van der Waals surface area (Å²) in [5.74, 6) is -0.445. The van der Waals surface area contributed by atoms with Crippen molar-refractivity contribution in [3.8, 4) is 0 Å². The molecule has 10 heteroatoms. The van der Waals surface area contributed by atoms with Gasteiger partial charge in [0.2, 0.25) is 26.0 Å². The molecule has 1 amide bonds. The van der Waals surface area contributed by atoms with E-state index in [1.807, 2.05) is 0 Å². The molecule has 8 nitrogen and oxygen atoms in total. The molecular weight excluding hydrogens is 474 g/mol. The third-order valence-electron chi connectivity index (χ3n) is 6.53. The van der Waals surface area contributed by atoms with Crippen LogP contribution in [0.1, 0.15) is 38.5 Å². The summed E-state index contributed by atoms with van der Waals surface area (Å²) < 4.78 is 55.8. The molecule has 184 valence electrons. The quantitative estimate of drug-likeness (QED) is 0.608. The highest BCUT2D eigenvalue weighted by Gasteiger charge is 2.43. The first kappa shape index (κ1) is 24.8. The molecule has 2 aromatic rings. The van der Waals surface area contributed by atoms with Gasteiger partial charge in [-0.3, -0.25) is 4.79 Å². The second-order valence-electron chi connectivity index (χ2n) is 8.82. The van der Waals surface area contributed by atoms with Crippen LogP contribution < -0.4 is 5.32 Å². The van der Waals surface area contributed by atoms with E-state index in [0.717, 1.165) is 42.8 Å². The highest BCUT2D eigenvalue weighted by molar-refractivity contribution is 7.89. The van der Waals surface area contributed by atoms with E-state index in [9.17, 15) is 21.6 Å². The van der Waals surface area contributed by atoms with E-state index < -0.39 is 32.0 Å². The third-order valence-corrected chi connectivity index (χ3v) is 10.3. The van der Waals surface area contributed by atoms with Gasteiger partial charge in [-0.15, -0.1) is 0 Å². The maximum Gasteiger partial charge on any atom is 0.243 e. The SMILES string of the molecule is O=C(NC1CCCCCC1)[C@H]1CN(S(=O)(=O)c2ccccc2)CCN1S(=O)(=O)c1ccccc1. The van der Waals surface area contributed by atoms with E-state index >= 15 is 0 Å². The number of amides is 1. The molecule has 2 aromatic carbocycles. The van der Waals surface area contributed by atoms with Crippen molar-refractivity contribution < 1.29 is 21.6 Å². The molecule has 1 N–H and O–H groups in total. The molecular formula is C24H31N3O5S2. The largest absolute Gasteiger partial charge is 0.352 e. The van der Waals surface area contributed by atoms with Crippen LogP contribution >= 0.6 is 0 Å². The molecule has 0 unspecified atom stereocenters. The van der Waals surface area contributed by atoms with Gasteiger partial charge in [0.05, 0.1) is 9.79 Å². The lowest BCUT2D eigenvalue weighted by molar-refractivity contribution is -0.126. The highest BCUT2D eigenvalue weighted by atomic mass is 32.2. The standard InChI is InChI=1S/C24H31N3O5S2/c28-24(25-20-11-5-1-2-6-12-20)23-19-26(33(29,30)21-13-7-3-8-14-21)17-18-27(23)34(31,32)22-15-9-4-10-16-22/h3-4,7-10,13-16,20,23H,1-2,5-6,11-12,17-19H2,(H,25,28)/t23-/m1/s1.